The van der Waals surface area contributed by atoms with Crippen LogP contribution in [-0.4, -0.2) is 48.4 Å². The molecule has 13 heteroatoms. The van der Waals surface area contributed by atoms with Crippen LogP contribution in [0.4, 0.5) is 19.1 Å². The summed E-state index contributed by atoms with van der Waals surface area (Å²) in [6.45, 7) is 2.96. The number of benzene rings is 1. The van der Waals surface area contributed by atoms with Gasteiger partial charge in [-0.25, -0.2) is 14.8 Å². The lowest BCUT2D eigenvalue weighted by Gasteiger charge is -2.31. The number of nitrogens with zero attached hydrogens (tertiary/aromatic N) is 6. The molecule has 2 aliphatic rings. The van der Waals surface area contributed by atoms with Gasteiger partial charge in [0.2, 0.25) is 17.6 Å². The fraction of sp³-hybridized carbons (Fsp3) is 0.500. The molecule has 1 aromatic carbocycles. The van der Waals surface area contributed by atoms with Gasteiger partial charge in [-0.1, -0.05) is 48.7 Å². The smallest absolute Gasteiger partial charge is 0.330 e. The monoisotopic (exact) mass is 561 g/mol. The van der Waals surface area contributed by atoms with Crippen LogP contribution in [0, 0.1) is 11.8 Å². The van der Waals surface area contributed by atoms with Crippen molar-refractivity contribution in [2.24, 2.45) is 11.8 Å². The minimum absolute atomic E-state index is 0.00288. The quantitative estimate of drug-likeness (QED) is 0.326. The number of halogens is 4. The van der Waals surface area contributed by atoms with Gasteiger partial charge in [-0.15, -0.1) is 0 Å². The van der Waals surface area contributed by atoms with E-state index in [1.807, 2.05) is 10.6 Å². The van der Waals surface area contributed by atoms with Gasteiger partial charge in [0.15, 0.2) is 5.65 Å². The molecule has 1 unspecified atom stereocenters. The van der Waals surface area contributed by atoms with Crippen LogP contribution < -0.4 is 10.7 Å². The zero-order valence-corrected chi connectivity index (χ0v) is 22.0. The van der Waals surface area contributed by atoms with Gasteiger partial charge in [0.05, 0.1) is 0 Å². The molecular formula is C26H27ClF3N7O2. The number of hydrogen-bond acceptors (Lipinski definition) is 7. The van der Waals surface area contributed by atoms with Gasteiger partial charge in [0, 0.05) is 23.7 Å². The number of alkyl halides is 3. The third-order valence-electron chi connectivity index (χ3n) is 7.80. The average Bonchev–Trinajstić information content (AvgIpc) is 3.63. The Kier molecular flexibility index (Phi) is 6.60. The van der Waals surface area contributed by atoms with Crippen molar-refractivity contribution in [3.63, 3.8) is 0 Å². The highest BCUT2D eigenvalue weighted by Crippen LogP contribution is 2.40. The maximum absolute atomic E-state index is 14.1. The van der Waals surface area contributed by atoms with E-state index in [4.69, 9.17) is 21.6 Å². The summed E-state index contributed by atoms with van der Waals surface area (Å²) in [5, 5.41) is 4.18. The second-order valence-corrected chi connectivity index (χ2v) is 11.0. The maximum Gasteiger partial charge on any atom is 0.439 e. The third-order valence-corrected chi connectivity index (χ3v) is 8.03. The molecule has 1 aliphatic carbocycles. The molecule has 6 rings (SSSR count). The molecule has 1 N–H and O–H groups in total. The second-order valence-electron chi connectivity index (χ2n) is 10.6. The van der Waals surface area contributed by atoms with Crippen LogP contribution in [-0.2, 0) is 6.54 Å². The van der Waals surface area contributed by atoms with Crippen LogP contribution in [0.25, 0.3) is 34.1 Å². The minimum Gasteiger partial charge on any atom is -0.330 e. The van der Waals surface area contributed by atoms with Crippen molar-refractivity contribution in [3.8, 4) is 22.9 Å². The van der Waals surface area contributed by atoms with E-state index in [1.165, 1.54) is 4.90 Å². The lowest BCUT2D eigenvalue weighted by Crippen LogP contribution is -2.42. The number of imidazole rings is 1. The molecule has 1 atom stereocenters. The van der Waals surface area contributed by atoms with Gasteiger partial charge in [-0.3, -0.25) is 9.51 Å². The molecule has 1 saturated heterocycles. The van der Waals surface area contributed by atoms with Crippen LogP contribution in [0.2, 0.25) is 5.02 Å². The van der Waals surface area contributed by atoms with Crippen LogP contribution in [0.5, 0.6) is 0 Å². The lowest BCUT2D eigenvalue weighted by molar-refractivity contribution is -0.146. The number of aromatic amines is 1. The average molecular weight is 562 g/mol. The number of anilines is 1. The fourth-order valence-electron chi connectivity index (χ4n) is 5.80. The van der Waals surface area contributed by atoms with Crippen molar-refractivity contribution in [1.29, 1.82) is 0 Å². The van der Waals surface area contributed by atoms with Crippen molar-refractivity contribution in [1.82, 2.24) is 29.7 Å². The predicted molar refractivity (Wildman–Crippen MR) is 139 cm³/mol. The number of fused-ring (bicyclic) bond motifs is 1. The Labute approximate surface area is 226 Å². The lowest BCUT2D eigenvalue weighted by atomic mass is 9.83. The summed E-state index contributed by atoms with van der Waals surface area (Å²) < 4.78 is 48.8. The Morgan fingerprint density at radius 3 is 2.62 bits per heavy atom. The summed E-state index contributed by atoms with van der Waals surface area (Å²) >= 11 is 6.32. The highest BCUT2D eigenvalue weighted by atomic mass is 35.5. The summed E-state index contributed by atoms with van der Waals surface area (Å²) in [5.41, 5.74) is 1.81. The molecule has 206 valence electrons. The SMILES string of the molecule is CC1CCC(Cn2c(N3CCCC3C(F)(F)F)nc3nc(-c4noc(=O)[nH]4)nc(-c4cccc(Cl)c4)c32)CC1. The summed E-state index contributed by atoms with van der Waals surface area (Å²) in [5.74, 6) is 0.401. The number of rotatable bonds is 5. The molecule has 1 saturated carbocycles. The van der Waals surface area contributed by atoms with E-state index in [2.05, 4.69) is 26.6 Å². The summed E-state index contributed by atoms with van der Waals surface area (Å²) in [7, 11) is 0. The van der Waals surface area contributed by atoms with Crippen LogP contribution >= 0.6 is 11.6 Å². The number of nitrogens with one attached hydrogen (secondary N) is 1. The molecule has 0 amide bonds. The molecule has 4 aromatic rings. The molecule has 0 spiro atoms. The molecule has 0 radical (unpaired) electrons. The standard InChI is InChI=1S/C26H27ClF3N7O2/c1-14-7-9-15(10-8-14)13-37-20-19(16-4-2-5-17(27)12-16)31-22(23-34-25(38)39-35-23)32-21(20)33-24(37)36-11-3-6-18(36)26(28,29)30/h2,4-5,12,14-15,18H,3,6-11,13H2,1H3,(H,34,35,38). The largest absolute Gasteiger partial charge is 0.439 e. The Morgan fingerprint density at radius 2 is 1.92 bits per heavy atom. The van der Waals surface area contributed by atoms with Crippen molar-refractivity contribution in [2.75, 3.05) is 11.4 Å². The summed E-state index contributed by atoms with van der Waals surface area (Å²) in [6, 6.07) is 5.41. The molecule has 3 aromatic heterocycles. The first-order valence-electron chi connectivity index (χ1n) is 13.1. The van der Waals surface area contributed by atoms with Crippen LogP contribution in [0.3, 0.4) is 0 Å². The summed E-state index contributed by atoms with van der Waals surface area (Å²) in [4.78, 5) is 29.4. The van der Waals surface area contributed by atoms with Gasteiger partial charge in [0.1, 0.15) is 17.3 Å². The van der Waals surface area contributed by atoms with E-state index in [0.29, 0.717) is 40.7 Å². The van der Waals surface area contributed by atoms with E-state index in [-0.39, 0.29) is 42.1 Å². The van der Waals surface area contributed by atoms with Gasteiger partial charge >= 0.3 is 11.9 Å². The topological polar surface area (TPSA) is 106 Å². The van der Waals surface area contributed by atoms with E-state index in [9.17, 15) is 18.0 Å². The number of aromatic nitrogens is 6. The first-order chi connectivity index (χ1) is 18.7. The molecule has 2 fully saturated rings. The molecule has 4 heterocycles. The van der Waals surface area contributed by atoms with Crippen molar-refractivity contribution in [3.05, 3.63) is 39.8 Å². The number of hydrogen-bond donors (Lipinski definition) is 1. The Morgan fingerprint density at radius 1 is 1.13 bits per heavy atom. The normalized spacial score (nSPS) is 22.2. The Hall–Kier alpha value is -3.41. The van der Waals surface area contributed by atoms with E-state index < -0.39 is 18.0 Å². The van der Waals surface area contributed by atoms with Gasteiger partial charge in [0.25, 0.3) is 0 Å². The Bertz CT molecular complexity index is 1560. The zero-order chi connectivity index (χ0) is 27.3. The molecular weight excluding hydrogens is 535 g/mol. The fourth-order valence-corrected chi connectivity index (χ4v) is 5.99. The molecule has 39 heavy (non-hydrogen) atoms. The van der Waals surface area contributed by atoms with Crippen LogP contribution in [0.15, 0.2) is 33.6 Å². The van der Waals surface area contributed by atoms with Gasteiger partial charge in [-0.2, -0.15) is 18.2 Å². The van der Waals surface area contributed by atoms with Crippen LogP contribution in [0.1, 0.15) is 45.4 Å². The highest BCUT2D eigenvalue weighted by Gasteiger charge is 2.47. The van der Waals surface area contributed by atoms with E-state index >= 15 is 0 Å². The highest BCUT2D eigenvalue weighted by molar-refractivity contribution is 6.30. The third kappa shape index (κ3) is 5.02. The second kappa shape index (κ2) is 9.96. The van der Waals surface area contributed by atoms with Gasteiger partial charge in [-0.05, 0) is 49.7 Å². The minimum atomic E-state index is -4.40. The first-order valence-corrected chi connectivity index (χ1v) is 13.5. The first kappa shape index (κ1) is 25.8. The van der Waals surface area contributed by atoms with E-state index in [1.54, 1.807) is 18.2 Å². The van der Waals surface area contributed by atoms with Gasteiger partial charge < -0.3 is 9.47 Å². The van der Waals surface area contributed by atoms with Crippen molar-refractivity contribution >= 4 is 28.7 Å². The zero-order valence-electron chi connectivity index (χ0n) is 21.2. The Balaban J connectivity index is 1.59. The molecule has 1 aliphatic heterocycles. The van der Waals surface area contributed by atoms with Crippen molar-refractivity contribution in [2.45, 2.75) is 64.2 Å². The van der Waals surface area contributed by atoms with E-state index in [0.717, 1.165) is 25.7 Å². The van der Waals surface area contributed by atoms with Crippen molar-refractivity contribution < 1.29 is 17.7 Å². The summed E-state index contributed by atoms with van der Waals surface area (Å²) in [6.07, 6.45) is 0.125. The number of H-pyrrole nitrogens is 1. The molecule has 9 nitrogen and oxygen atoms in total. The molecule has 0 bridgehead atoms. The predicted octanol–water partition coefficient (Wildman–Crippen LogP) is 5.85. The maximum atomic E-state index is 14.1.